The Hall–Kier alpha value is -3.07. The van der Waals surface area contributed by atoms with Gasteiger partial charge in [-0.1, -0.05) is 0 Å². The molecule has 27 heavy (non-hydrogen) atoms. The van der Waals surface area contributed by atoms with Crippen LogP contribution in [0.2, 0.25) is 0 Å². The molecule has 0 unspecified atom stereocenters. The summed E-state index contributed by atoms with van der Waals surface area (Å²) in [5, 5.41) is 14.3. The van der Waals surface area contributed by atoms with Crippen LogP contribution in [0.3, 0.4) is 0 Å². The zero-order valence-corrected chi connectivity index (χ0v) is 15.7. The van der Waals surface area contributed by atoms with Gasteiger partial charge in [0.05, 0.1) is 35.9 Å². The minimum atomic E-state index is 0.254. The molecule has 0 saturated carbocycles. The zero-order chi connectivity index (χ0) is 19.0. The topological polar surface area (TPSA) is 117 Å². The quantitative estimate of drug-likeness (QED) is 0.516. The summed E-state index contributed by atoms with van der Waals surface area (Å²) in [6.07, 6.45) is 0. The molecule has 1 saturated heterocycles. The van der Waals surface area contributed by atoms with Gasteiger partial charge in [-0.2, -0.15) is 10.1 Å². The molecule has 1 aromatic carbocycles. The lowest BCUT2D eigenvalue weighted by Crippen LogP contribution is -2.44. The van der Waals surface area contributed by atoms with Gasteiger partial charge in [0, 0.05) is 38.0 Å². The van der Waals surface area contributed by atoms with Crippen LogP contribution in [-0.2, 0) is 4.74 Å². The van der Waals surface area contributed by atoms with E-state index in [1.165, 1.54) is 0 Å². The van der Waals surface area contributed by atoms with Crippen LogP contribution in [-0.4, -0.2) is 60.1 Å². The van der Waals surface area contributed by atoms with E-state index >= 15 is 0 Å². The van der Waals surface area contributed by atoms with Gasteiger partial charge in [-0.3, -0.25) is 5.10 Å². The third-order valence-electron chi connectivity index (χ3n) is 4.82. The number of nitrogens with zero attached hydrogens (tertiary/aromatic N) is 4. The van der Waals surface area contributed by atoms with Crippen LogP contribution in [0.15, 0.2) is 18.2 Å². The largest absolute Gasteiger partial charge is 0.398 e. The highest BCUT2D eigenvalue weighted by Crippen LogP contribution is 2.33. The van der Waals surface area contributed by atoms with Crippen molar-refractivity contribution < 1.29 is 4.74 Å². The van der Waals surface area contributed by atoms with Gasteiger partial charge in [0.15, 0.2) is 5.82 Å². The number of hydrogen-bond donors (Lipinski definition) is 4. The first-order valence-corrected chi connectivity index (χ1v) is 8.97. The number of hydrogen-bond acceptors (Lipinski definition) is 8. The number of H-pyrrole nitrogens is 1. The molecule has 9 nitrogen and oxygen atoms in total. The van der Waals surface area contributed by atoms with Crippen LogP contribution < -0.4 is 21.3 Å². The maximum absolute atomic E-state index is 6.30. The molecule has 1 aliphatic rings. The second-order valence-electron chi connectivity index (χ2n) is 6.61. The Morgan fingerprint density at radius 3 is 2.81 bits per heavy atom. The fourth-order valence-electron chi connectivity index (χ4n) is 3.43. The van der Waals surface area contributed by atoms with Crippen molar-refractivity contribution >= 4 is 34.2 Å². The minimum absolute atomic E-state index is 0.254. The smallest absolute Gasteiger partial charge is 0.224 e. The third-order valence-corrected chi connectivity index (χ3v) is 4.82. The molecule has 0 radical (unpaired) electrons. The average molecular weight is 368 g/mol. The summed E-state index contributed by atoms with van der Waals surface area (Å²) in [5.41, 5.74) is 9.52. The summed E-state index contributed by atoms with van der Waals surface area (Å²) in [6, 6.07) is 6.18. The van der Waals surface area contributed by atoms with Gasteiger partial charge in [0.2, 0.25) is 5.95 Å². The van der Waals surface area contributed by atoms with Gasteiger partial charge in [0.1, 0.15) is 5.82 Å². The number of aromatic amines is 1. The Morgan fingerprint density at radius 2 is 2.07 bits per heavy atom. The first-order chi connectivity index (χ1) is 13.1. The van der Waals surface area contributed by atoms with E-state index in [1.807, 2.05) is 32.3 Å². The van der Waals surface area contributed by atoms with Gasteiger partial charge in [-0.15, -0.1) is 0 Å². The lowest BCUT2D eigenvalue weighted by atomic mass is 10.1. The standard InChI is InChI=1S/C18H24N8O/c1-10-9-27-5-4-26(10)15-8-13(22-18(21-3)23-15)11-6-12(19)16-14(7-11)24-25-17(16)20-2/h6-8,10H,4-5,9,19H2,1-3H3,(H2,20,24,25)(H,21,22,23)/t10-/m1/s1. The Bertz CT molecular complexity index is 969. The highest BCUT2D eigenvalue weighted by atomic mass is 16.5. The number of morpholine rings is 1. The molecule has 0 aliphatic carbocycles. The van der Waals surface area contributed by atoms with Crippen LogP contribution >= 0.6 is 0 Å². The van der Waals surface area contributed by atoms with E-state index in [-0.39, 0.29) is 6.04 Å². The number of aromatic nitrogens is 4. The molecule has 1 fully saturated rings. The maximum atomic E-state index is 6.30. The Kier molecular flexibility index (Phi) is 4.44. The fraction of sp³-hybridized carbons (Fsp3) is 0.389. The van der Waals surface area contributed by atoms with Crippen molar-refractivity contribution in [3.63, 3.8) is 0 Å². The molecule has 4 rings (SSSR count). The molecular formula is C18H24N8O. The molecular weight excluding hydrogens is 344 g/mol. The van der Waals surface area contributed by atoms with Crippen LogP contribution in [0.25, 0.3) is 22.2 Å². The predicted molar refractivity (Wildman–Crippen MR) is 108 cm³/mol. The number of fused-ring (bicyclic) bond motifs is 1. The van der Waals surface area contributed by atoms with Gasteiger partial charge >= 0.3 is 0 Å². The first-order valence-electron chi connectivity index (χ1n) is 8.97. The highest BCUT2D eigenvalue weighted by Gasteiger charge is 2.22. The van der Waals surface area contributed by atoms with Crippen molar-refractivity contribution in [1.29, 1.82) is 0 Å². The van der Waals surface area contributed by atoms with Crippen molar-refractivity contribution in [3.05, 3.63) is 18.2 Å². The lowest BCUT2D eigenvalue weighted by molar-refractivity contribution is 0.0985. The number of nitrogen functional groups attached to an aromatic ring is 1. The van der Waals surface area contributed by atoms with Crippen LogP contribution in [0.1, 0.15) is 6.92 Å². The van der Waals surface area contributed by atoms with Crippen LogP contribution in [0.4, 0.5) is 23.3 Å². The molecule has 3 aromatic rings. The molecule has 0 bridgehead atoms. The fourth-order valence-corrected chi connectivity index (χ4v) is 3.43. The third kappa shape index (κ3) is 3.10. The normalized spacial score (nSPS) is 17.3. The Morgan fingerprint density at radius 1 is 1.22 bits per heavy atom. The number of ether oxygens (including phenoxy) is 1. The molecule has 142 valence electrons. The van der Waals surface area contributed by atoms with E-state index in [4.69, 9.17) is 10.5 Å². The first kappa shape index (κ1) is 17.3. The Labute approximate surface area is 157 Å². The molecule has 5 N–H and O–H groups in total. The van der Waals surface area contributed by atoms with E-state index in [0.29, 0.717) is 24.8 Å². The molecule has 1 atom stereocenters. The summed E-state index contributed by atoms with van der Waals surface area (Å²) in [6.45, 7) is 4.31. The second-order valence-corrected chi connectivity index (χ2v) is 6.61. The SMILES string of the molecule is CNc1nc(-c2cc(N)c3c(NC)n[nH]c3c2)cc(N2CCOC[C@H]2C)n1. The van der Waals surface area contributed by atoms with E-state index in [0.717, 1.165) is 40.3 Å². The Balaban J connectivity index is 1.81. The maximum Gasteiger partial charge on any atom is 0.224 e. The number of anilines is 4. The van der Waals surface area contributed by atoms with Crippen molar-refractivity contribution in [2.45, 2.75) is 13.0 Å². The van der Waals surface area contributed by atoms with Crippen molar-refractivity contribution in [1.82, 2.24) is 20.2 Å². The van der Waals surface area contributed by atoms with Gasteiger partial charge in [0.25, 0.3) is 0 Å². The minimum Gasteiger partial charge on any atom is -0.398 e. The van der Waals surface area contributed by atoms with Gasteiger partial charge in [-0.25, -0.2) is 4.98 Å². The molecule has 2 aromatic heterocycles. The monoisotopic (exact) mass is 368 g/mol. The van der Waals surface area contributed by atoms with Crippen molar-refractivity contribution in [3.8, 4) is 11.3 Å². The molecule has 1 aliphatic heterocycles. The van der Waals surface area contributed by atoms with E-state index in [9.17, 15) is 0 Å². The number of rotatable bonds is 4. The summed E-state index contributed by atoms with van der Waals surface area (Å²) in [7, 11) is 3.64. The number of nitrogens with two attached hydrogens (primary N) is 1. The van der Waals surface area contributed by atoms with Crippen molar-refractivity contribution in [2.24, 2.45) is 0 Å². The highest BCUT2D eigenvalue weighted by molar-refractivity contribution is 6.01. The lowest BCUT2D eigenvalue weighted by Gasteiger charge is -2.34. The average Bonchev–Trinajstić information content (AvgIpc) is 3.11. The summed E-state index contributed by atoms with van der Waals surface area (Å²) < 4.78 is 5.55. The summed E-state index contributed by atoms with van der Waals surface area (Å²) >= 11 is 0. The molecule has 3 heterocycles. The summed E-state index contributed by atoms with van der Waals surface area (Å²) in [4.78, 5) is 11.5. The van der Waals surface area contributed by atoms with Crippen LogP contribution in [0.5, 0.6) is 0 Å². The summed E-state index contributed by atoms with van der Waals surface area (Å²) in [5.74, 6) is 2.18. The molecule has 0 spiro atoms. The van der Waals surface area contributed by atoms with E-state index < -0.39 is 0 Å². The number of nitrogens with one attached hydrogen (secondary N) is 3. The van der Waals surface area contributed by atoms with E-state index in [1.54, 1.807) is 0 Å². The number of benzene rings is 1. The van der Waals surface area contributed by atoms with Gasteiger partial charge < -0.3 is 26.0 Å². The van der Waals surface area contributed by atoms with Gasteiger partial charge in [-0.05, 0) is 19.1 Å². The second kappa shape index (κ2) is 6.92. The van der Waals surface area contributed by atoms with Crippen LogP contribution in [0, 0.1) is 0 Å². The molecule has 9 heteroatoms. The zero-order valence-electron chi connectivity index (χ0n) is 15.7. The van der Waals surface area contributed by atoms with Crippen molar-refractivity contribution in [2.75, 3.05) is 55.1 Å². The molecule has 0 amide bonds. The van der Waals surface area contributed by atoms with E-state index in [2.05, 4.69) is 42.6 Å². The predicted octanol–water partition coefficient (Wildman–Crippen LogP) is 1.91.